The fraction of sp³-hybridized carbons (Fsp3) is 0. The summed E-state index contributed by atoms with van der Waals surface area (Å²) in [5.41, 5.74) is 9.41. The quantitative estimate of drug-likeness (QED) is 0.164. The number of hydrogen-bond acceptors (Lipinski definition) is 1. The van der Waals surface area contributed by atoms with Crippen molar-refractivity contribution in [1.29, 1.82) is 0 Å². The average molecular weight is 687 g/mol. The van der Waals surface area contributed by atoms with Crippen LogP contribution in [0.15, 0.2) is 206 Å². The highest BCUT2D eigenvalue weighted by Gasteiger charge is 2.20. The van der Waals surface area contributed by atoms with Crippen molar-refractivity contribution in [1.82, 2.24) is 4.57 Å². The van der Waals surface area contributed by atoms with Crippen LogP contribution in [-0.2, 0) is 0 Å². The Morgan fingerprint density at radius 2 is 0.852 bits per heavy atom. The molecular weight excluding hydrogens is 653 g/mol. The Morgan fingerprint density at radius 1 is 0.296 bits per heavy atom. The lowest BCUT2D eigenvalue weighted by atomic mass is 9.92. The van der Waals surface area contributed by atoms with E-state index in [1.54, 1.807) is 0 Å². The molecule has 0 aliphatic rings. The van der Waals surface area contributed by atoms with Crippen molar-refractivity contribution in [2.24, 2.45) is 0 Å². The van der Waals surface area contributed by atoms with Crippen LogP contribution in [0.1, 0.15) is 0 Å². The summed E-state index contributed by atoms with van der Waals surface area (Å²) in [6, 6.07) is 75.3. The summed E-state index contributed by atoms with van der Waals surface area (Å²) in [7, 11) is 0. The summed E-state index contributed by atoms with van der Waals surface area (Å²) in [6.45, 7) is 0. The maximum atomic E-state index is 2.44. The van der Waals surface area contributed by atoms with Gasteiger partial charge in [0.05, 0.1) is 16.7 Å². The molecule has 0 N–H and O–H groups in total. The molecule has 1 aromatic heterocycles. The molecule has 0 bridgehead atoms. The van der Waals surface area contributed by atoms with Crippen LogP contribution in [0.2, 0.25) is 0 Å². The highest BCUT2D eigenvalue weighted by molar-refractivity contribution is 6.29. The summed E-state index contributed by atoms with van der Waals surface area (Å²) in [6.07, 6.45) is 0. The van der Waals surface area contributed by atoms with Gasteiger partial charge in [-0.25, -0.2) is 0 Å². The Hall–Kier alpha value is -7.16. The van der Waals surface area contributed by atoms with Gasteiger partial charge in [-0.1, -0.05) is 146 Å². The second-order valence-electron chi connectivity index (χ2n) is 14.1. The van der Waals surface area contributed by atoms with E-state index in [2.05, 4.69) is 216 Å². The third kappa shape index (κ3) is 4.74. The van der Waals surface area contributed by atoms with E-state index in [4.69, 9.17) is 0 Å². The van der Waals surface area contributed by atoms with Crippen LogP contribution in [0, 0.1) is 0 Å². The van der Waals surface area contributed by atoms with Crippen LogP contribution in [0.5, 0.6) is 0 Å². The SMILES string of the molecule is c1ccc(-c2ccc(N(c3ccc4c(c3)c3ccccc3c3cc5c(cc43)c3ccccc3n5-c3ccccc3)c3cccc4ccccc34)cc2)cc1. The molecule has 0 saturated heterocycles. The van der Waals surface area contributed by atoms with E-state index in [9.17, 15) is 0 Å². The Morgan fingerprint density at radius 3 is 1.63 bits per heavy atom. The number of anilines is 3. The molecule has 0 atom stereocenters. The van der Waals surface area contributed by atoms with Crippen molar-refractivity contribution in [3.05, 3.63) is 206 Å². The minimum atomic E-state index is 1.12. The molecule has 0 saturated carbocycles. The molecule has 0 aliphatic heterocycles. The number of hydrogen-bond donors (Lipinski definition) is 0. The van der Waals surface area contributed by atoms with Gasteiger partial charge in [0.25, 0.3) is 0 Å². The lowest BCUT2D eigenvalue weighted by Crippen LogP contribution is -2.10. The maximum absolute atomic E-state index is 2.44. The van der Waals surface area contributed by atoms with Crippen molar-refractivity contribution < 1.29 is 0 Å². The molecule has 0 amide bonds. The molecule has 54 heavy (non-hydrogen) atoms. The molecule has 252 valence electrons. The normalized spacial score (nSPS) is 11.7. The molecule has 0 radical (unpaired) electrons. The molecule has 0 fully saturated rings. The van der Waals surface area contributed by atoms with Gasteiger partial charge in [0.2, 0.25) is 0 Å². The third-order valence-electron chi connectivity index (χ3n) is 11.1. The van der Waals surface area contributed by atoms with Crippen molar-refractivity contribution >= 4 is 82.0 Å². The predicted molar refractivity (Wildman–Crippen MR) is 231 cm³/mol. The van der Waals surface area contributed by atoms with E-state index in [1.165, 1.54) is 81.7 Å². The summed E-state index contributed by atoms with van der Waals surface area (Å²) >= 11 is 0. The van der Waals surface area contributed by atoms with Crippen LogP contribution < -0.4 is 4.90 Å². The highest BCUT2D eigenvalue weighted by atomic mass is 15.1. The van der Waals surface area contributed by atoms with Crippen molar-refractivity contribution in [3.8, 4) is 16.8 Å². The first-order valence-electron chi connectivity index (χ1n) is 18.6. The van der Waals surface area contributed by atoms with E-state index in [0.717, 1.165) is 17.1 Å². The monoisotopic (exact) mass is 686 g/mol. The number of benzene rings is 10. The minimum absolute atomic E-state index is 1.12. The predicted octanol–water partition coefficient (Wildman–Crippen LogP) is 14.5. The van der Waals surface area contributed by atoms with Crippen molar-refractivity contribution in [3.63, 3.8) is 0 Å². The van der Waals surface area contributed by atoms with E-state index < -0.39 is 0 Å². The smallest absolute Gasteiger partial charge is 0.0547 e. The molecule has 11 rings (SSSR count). The van der Waals surface area contributed by atoms with Crippen molar-refractivity contribution in [2.45, 2.75) is 0 Å². The molecule has 0 spiro atoms. The second-order valence-corrected chi connectivity index (χ2v) is 14.1. The van der Waals surface area contributed by atoms with Gasteiger partial charge in [-0.3, -0.25) is 0 Å². The van der Waals surface area contributed by atoms with Crippen LogP contribution >= 0.6 is 0 Å². The topological polar surface area (TPSA) is 8.17 Å². The number of rotatable bonds is 5. The number of para-hydroxylation sites is 2. The lowest BCUT2D eigenvalue weighted by Gasteiger charge is -2.27. The molecule has 0 aliphatic carbocycles. The average Bonchev–Trinajstić information content (AvgIpc) is 3.57. The fourth-order valence-electron chi connectivity index (χ4n) is 8.66. The van der Waals surface area contributed by atoms with Gasteiger partial charge in [0.15, 0.2) is 0 Å². The van der Waals surface area contributed by atoms with Gasteiger partial charge in [-0.15, -0.1) is 0 Å². The van der Waals surface area contributed by atoms with Crippen molar-refractivity contribution in [2.75, 3.05) is 4.90 Å². The van der Waals surface area contributed by atoms with Crippen LogP contribution in [-0.4, -0.2) is 4.57 Å². The summed E-state index contributed by atoms with van der Waals surface area (Å²) in [5.74, 6) is 0. The minimum Gasteiger partial charge on any atom is -0.310 e. The Balaban J connectivity index is 1.18. The third-order valence-corrected chi connectivity index (χ3v) is 11.1. The maximum Gasteiger partial charge on any atom is 0.0547 e. The van der Waals surface area contributed by atoms with E-state index in [1.807, 2.05) is 0 Å². The Kier molecular flexibility index (Phi) is 6.90. The first-order valence-corrected chi connectivity index (χ1v) is 18.6. The lowest BCUT2D eigenvalue weighted by molar-refractivity contribution is 1.18. The van der Waals surface area contributed by atoms with E-state index in [-0.39, 0.29) is 0 Å². The van der Waals surface area contributed by atoms with Crippen LogP contribution in [0.25, 0.3) is 81.7 Å². The van der Waals surface area contributed by atoms with Gasteiger partial charge in [-0.05, 0) is 109 Å². The highest BCUT2D eigenvalue weighted by Crippen LogP contribution is 2.45. The molecule has 11 aromatic rings. The number of fused-ring (bicyclic) bond motifs is 10. The molecule has 2 nitrogen and oxygen atoms in total. The summed E-state index contributed by atoms with van der Waals surface area (Å²) in [4.78, 5) is 2.42. The molecule has 1 heterocycles. The Bertz CT molecular complexity index is 3190. The number of aromatic nitrogens is 1. The fourth-order valence-corrected chi connectivity index (χ4v) is 8.66. The molecular formula is C52H34N2. The summed E-state index contributed by atoms with van der Waals surface area (Å²) in [5, 5.41) is 12.5. The van der Waals surface area contributed by atoms with Gasteiger partial charge >= 0.3 is 0 Å². The molecule has 10 aromatic carbocycles. The van der Waals surface area contributed by atoms with E-state index >= 15 is 0 Å². The van der Waals surface area contributed by atoms with Crippen LogP contribution in [0.4, 0.5) is 17.1 Å². The van der Waals surface area contributed by atoms with Gasteiger partial charge in [-0.2, -0.15) is 0 Å². The first-order chi connectivity index (χ1) is 26.8. The largest absolute Gasteiger partial charge is 0.310 e. The number of nitrogens with zero attached hydrogens (tertiary/aromatic N) is 2. The van der Waals surface area contributed by atoms with Crippen LogP contribution in [0.3, 0.4) is 0 Å². The summed E-state index contributed by atoms with van der Waals surface area (Å²) < 4.78 is 2.41. The zero-order valence-electron chi connectivity index (χ0n) is 29.5. The first kappa shape index (κ1) is 30.5. The molecule has 0 unspecified atom stereocenters. The molecule has 2 heteroatoms. The van der Waals surface area contributed by atoms with Gasteiger partial charge < -0.3 is 9.47 Å². The zero-order chi connectivity index (χ0) is 35.6. The van der Waals surface area contributed by atoms with Gasteiger partial charge in [0.1, 0.15) is 0 Å². The van der Waals surface area contributed by atoms with Gasteiger partial charge in [0, 0.05) is 33.2 Å². The Labute approximate surface area is 313 Å². The standard InChI is InChI=1S/C52H34N2/c1-3-14-35(15-4-1)36-26-28-39(29-27-36)53(50-25-13-17-37-16-7-8-20-41(37)50)40-30-31-44-46(32-40)42-21-9-10-22-43(42)48-34-52-49(33-47(44)48)45-23-11-12-24-51(45)54(52)38-18-5-2-6-19-38/h1-34H. The van der Waals surface area contributed by atoms with E-state index in [0.29, 0.717) is 0 Å². The second kappa shape index (κ2) is 12.2. The zero-order valence-corrected chi connectivity index (χ0v) is 29.5.